The van der Waals surface area contributed by atoms with E-state index in [9.17, 15) is 0 Å². The average molecular weight is 378 g/mol. The van der Waals surface area contributed by atoms with Gasteiger partial charge in [-0.05, 0) is 30.7 Å². The van der Waals surface area contributed by atoms with Crippen molar-refractivity contribution in [2.75, 3.05) is 19.1 Å². The normalized spacial score (nSPS) is 10.6. The molecule has 0 amide bonds. The summed E-state index contributed by atoms with van der Waals surface area (Å²) in [6, 6.07) is 15.5. The Morgan fingerprint density at radius 3 is 2.78 bits per heavy atom. The Balaban J connectivity index is 1.65. The van der Waals surface area contributed by atoms with Gasteiger partial charge in [0.1, 0.15) is 6.07 Å². The van der Waals surface area contributed by atoms with Crippen molar-refractivity contribution < 1.29 is 9.47 Å². The second-order valence-electron chi connectivity index (χ2n) is 5.63. The zero-order chi connectivity index (χ0) is 19.1. The largest absolute Gasteiger partial charge is 0.493 e. The summed E-state index contributed by atoms with van der Waals surface area (Å²) in [5.41, 5.74) is 6.98. The van der Waals surface area contributed by atoms with Crippen molar-refractivity contribution >= 4 is 22.7 Å². The third kappa shape index (κ3) is 4.84. The van der Waals surface area contributed by atoms with Gasteiger partial charge in [0.05, 0.1) is 19.0 Å². The van der Waals surface area contributed by atoms with Crippen LogP contribution in [0.1, 0.15) is 11.1 Å². The third-order valence-electron chi connectivity index (χ3n) is 3.71. The maximum absolute atomic E-state index is 8.61. The number of methoxy groups -OCH3 is 1. The molecular formula is C20H18N4O2S. The summed E-state index contributed by atoms with van der Waals surface area (Å²) in [5, 5.41) is 15.5. The van der Waals surface area contributed by atoms with Crippen molar-refractivity contribution in [3.63, 3.8) is 0 Å². The van der Waals surface area contributed by atoms with Crippen LogP contribution in [0, 0.1) is 18.3 Å². The van der Waals surface area contributed by atoms with Crippen molar-refractivity contribution in [3.05, 3.63) is 59.0 Å². The first-order valence-electron chi connectivity index (χ1n) is 8.19. The number of hydrogen-bond acceptors (Lipinski definition) is 7. The first-order chi connectivity index (χ1) is 13.2. The summed E-state index contributed by atoms with van der Waals surface area (Å²) in [7, 11) is 1.55. The van der Waals surface area contributed by atoms with Gasteiger partial charge in [-0.3, -0.25) is 5.43 Å². The molecule has 136 valence electrons. The SMILES string of the molecule is COc1cc(/C=N\Nc2nc(-c3ccc(C)cc3)cs2)ccc1OCC#N. The number of benzene rings is 2. The molecule has 7 heteroatoms. The molecule has 3 rings (SSSR count). The molecule has 0 spiro atoms. The van der Waals surface area contributed by atoms with Gasteiger partial charge in [-0.2, -0.15) is 10.4 Å². The average Bonchev–Trinajstić information content (AvgIpc) is 3.16. The minimum Gasteiger partial charge on any atom is -0.493 e. The molecule has 0 fully saturated rings. The van der Waals surface area contributed by atoms with E-state index in [1.165, 1.54) is 16.9 Å². The Bertz CT molecular complexity index is 974. The number of ether oxygens (including phenoxy) is 2. The molecule has 0 aliphatic heterocycles. The van der Waals surface area contributed by atoms with Crippen LogP contribution in [0.25, 0.3) is 11.3 Å². The van der Waals surface area contributed by atoms with Crippen LogP contribution < -0.4 is 14.9 Å². The van der Waals surface area contributed by atoms with Crippen molar-refractivity contribution in [2.45, 2.75) is 6.92 Å². The van der Waals surface area contributed by atoms with Gasteiger partial charge in [0.25, 0.3) is 0 Å². The third-order valence-corrected chi connectivity index (χ3v) is 4.45. The molecule has 0 unspecified atom stereocenters. The monoisotopic (exact) mass is 378 g/mol. The minimum absolute atomic E-state index is 0.0291. The Kier molecular flexibility index (Phi) is 6.02. The molecule has 2 aromatic carbocycles. The molecule has 1 heterocycles. The number of thiazole rings is 1. The lowest BCUT2D eigenvalue weighted by Crippen LogP contribution is -1.98. The van der Waals surface area contributed by atoms with Gasteiger partial charge < -0.3 is 9.47 Å². The van der Waals surface area contributed by atoms with Gasteiger partial charge in [0.2, 0.25) is 5.13 Å². The molecule has 0 aliphatic rings. The number of nitrogens with one attached hydrogen (secondary N) is 1. The molecule has 0 saturated carbocycles. The van der Waals surface area contributed by atoms with Gasteiger partial charge in [0.15, 0.2) is 18.1 Å². The van der Waals surface area contributed by atoms with E-state index in [0.717, 1.165) is 16.8 Å². The zero-order valence-electron chi connectivity index (χ0n) is 15.0. The molecule has 0 radical (unpaired) electrons. The van der Waals surface area contributed by atoms with Crippen molar-refractivity contribution in [3.8, 4) is 28.8 Å². The summed E-state index contributed by atoms with van der Waals surface area (Å²) >= 11 is 1.49. The summed E-state index contributed by atoms with van der Waals surface area (Å²) in [5.74, 6) is 1.07. The highest BCUT2D eigenvalue weighted by atomic mass is 32.1. The van der Waals surface area contributed by atoms with Crippen LogP contribution in [0.2, 0.25) is 0 Å². The molecule has 0 atom stereocenters. The fourth-order valence-electron chi connectivity index (χ4n) is 2.34. The van der Waals surface area contributed by atoms with Crippen LogP contribution in [-0.2, 0) is 0 Å². The van der Waals surface area contributed by atoms with Gasteiger partial charge in [-0.15, -0.1) is 11.3 Å². The van der Waals surface area contributed by atoms with E-state index in [1.54, 1.807) is 25.5 Å². The molecule has 6 nitrogen and oxygen atoms in total. The van der Waals surface area contributed by atoms with Crippen LogP contribution >= 0.6 is 11.3 Å². The lowest BCUT2D eigenvalue weighted by atomic mass is 10.1. The summed E-state index contributed by atoms with van der Waals surface area (Å²) in [4.78, 5) is 4.54. The molecule has 0 bridgehead atoms. The highest BCUT2D eigenvalue weighted by Gasteiger charge is 2.06. The first kappa shape index (κ1) is 18.4. The number of aryl methyl sites for hydroxylation is 1. The topological polar surface area (TPSA) is 79.5 Å². The number of hydrogen-bond donors (Lipinski definition) is 1. The smallest absolute Gasteiger partial charge is 0.203 e. The van der Waals surface area contributed by atoms with Crippen LogP contribution in [0.3, 0.4) is 0 Å². The molecule has 0 saturated heterocycles. The molecule has 3 aromatic rings. The maximum atomic E-state index is 8.61. The zero-order valence-corrected chi connectivity index (χ0v) is 15.8. The number of aromatic nitrogens is 1. The number of hydrazone groups is 1. The van der Waals surface area contributed by atoms with E-state index in [1.807, 2.05) is 17.5 Å². The van der Waals surface area contributed by atoms with Crippen LogP contribution in [0.5, 0.6) is 11.5 Å². The number of anilines is 1. The fraction of sp³-hybridized carbons (Fsp3) is 0.150. The molecular weight excluding hydrogens is 360 g/mol. The van der Waals surface area contributed by atoms with Crippen LogP contribution in [0.15, 0.2) is 52.9 Å². The van der Waals surface area contributed by atoms with Gasteiger partial charge in [-0.25, -0.2) is 4.98 Å². The Hall–Kier alpha value is -3.37. The molecule has 0 aliphatic carbocycles. The van der Waals surface area contributed by atoms with E-state index in [0.29, 0.717) is 16.6 Å². The van der Waals surface area contributed by atoms with Crippen molar-refractivity contribution in [2.24, 2.45) is 5.10 Å². The highest BCUT2D eigenvalue weighted by molar-refractivity contribution is 7.14. The quantitative estimate of drug-likeness (QED) is 0.484. The van der Waals surface area contributed by atoms with Gasteiger partial charge in [0, 0.05) is 10.9 Å². The van der Waals surface area contributed by atoms with Crippen molar-refractivity contribution in [1.29, 1.82) is 5.26 Å². The molecule has 1 aromatic heterocycles. The second kappa shape index (κ2) is 8.83. The molecule has 1 N–H and O–H groups in total. The summed E-state index contributed by atoms with van der Waals surface area (Å²) in [6.07, 6.45) is 1.67. The lowest BCUT2D eigenvalue weighted by Gasteiger charge is -2.08. The number of rotatable bonds is 7. The second-order valence-corrected chi connectivity index (χ2v) is 6.49. The Labute approximate surface area is 161 Å². The van der Waals surface area contributed by atoms with Crippen LogP contribution in [0.4, 0.5) is 5.13 Å². The maximum Gasteiger partial charge on any atom is 0.203 e. The Morgan fingerprint density at radius 1 is 1.22 bits per heavy atom. The number of nitrogens with zero attached hydrogens (tertiary/aromatic N) is 3. The van der Waals surface area contributed by atoms with E-state index in [-0.39, 0.29) is 6.61 Å². The van der Waals surface area contributed by atoms with E-state index < -0.39 is 0 Å². The Morgan fingerprint density at radius 2 is 2.04 bits per heavy atom. The first-order valence-corrected chi connectivity index (χ1v) is 9.07. The molecule has 27 heavy (non-hydrogen) atoms. The van der Waals surface area contributed by atoms with E-state index in [2.05, 4.69) is 46.7 Å². The van der Waals surface area contributed by atoms with Gasteiger partial charge >= 0.3 is 0 Å². The summed E-state index contributed by atoms with van der Waals surface area (Å²) in [6.45, 7) is 2.03. The van der Waals surface area contributed by atoms with Gasteiger partial charge in [-0.1, -0.05) is 29.8 Å². The standard InChI is InChI=1S/C20H18N4O2S/c1-14-3-6-16(7-4-14)17-13-27-20(23-17)24-22-12-15-5-8-18(26-10-9-21)19(11-15)25-2/h3-8,11-13H,10H2,1-2H3,(H,23,24)/b22-12-. The summed E-state index contributed by atoms with van der Waals surface area (Å²) < 4.78 is 10.6. The van der Waals surface area contributed by atoms with E-state index in [4.69, 9.17) is 14.7 Å². The minimum atomic E-state index is -0.0291. The predicted molar refractivity (Wildman–Crippen MR) is 108 cm³/mol. The highest BCUT2D eigenvalue weighted by Crippen LogP contribution is 2.28. The van der Waals surface area contributed by atoms with E-state index >= 15 is 0 Å². The van der Waals surface area contributed by atoms with Crippen LogP contribution in [-0.4, -0.2) is 24.9 Å². The number of nitriles is 1. The lowest BCUT2D eigenvalue weighted by molar-refractivity contribution is 0.329. The predicted octanol–water partition coefficient (Wildman–Crippen LogP) is 4.48. The van der Waals surface area contributed by atoms with Crippen molar-refractivity contribution in [1.82, 2.24) is 4.98 Å². The fourth-order valence-corrected chi connectivity index (χ4v) is 3.01.